The summed E-state index contributed by atoms with van der Waals surface area (Å²) in [5.74, 6) is -0.992. The van der Waals surface area contributed by atoms with Gasteiger partial charge in [0, 0.05) is 0 Å². The number of aromatic hydroxyl groups is 2. The van der Waals surface area contributed by atoms with Gasteiger partial charge in [0.05, 0.1) is 11.3 Å². The van der Waals surface area contributed by atoms with Crippen LogP contribution >= 0.6 is 0 Å². The lowest BCUT2D eigenvalue weighted by molar-refractivity contribution is 0.0627. The third-order valence-electron chi connectivity index (χ3n) is 1.48. The smallest absolute Gasteiger partial charge is 0.343 e. The van der Waals surface area contributed by atoms with Crippen molar-refractivity contribution in [1.82, 2.24) is 0 Å². The van der Waals surface area contributed by atoms with Crippen LogP contribution in [0.1, 0.15) is 17.3 Å². The van der Waals surface area contributed by atoms with E-state index in [2.05, 4.69) is 6.58 Å². The van der Waals surface area contributed by atoms with Gasteiger partial charge >= 0.3 is 5.97 Å². The van der Waals surface area contributed by atoms with Crippen molar-refractivity contribution in [3.63, 3.8) is 0 Å². The molecule has 0 amide bonds. The summed E-state index contributed by atoms with van der Waals surface area (Å²) in [7, 11) is 0. The Kier molecular flexibility index (Phi) is 2.76. The average Bonchev–Trinajstić information content (AvgIpc) is 2.08. The third-order valence-corrected chi connectivity index (χ3v) is 1.48. The van der Waals surface area contributed by atoms with Gasteiger partial charge in [0.25, 0.3) is 0 Å². The van der Waals surface area contributed by atoms with Gasteiger partial charge in [0.2, 0.25) is 0 Å². The van der Waals surface area contributed by atoms with E-state index in [0.29, 0.717) is 0 Å². The first-order chi connectivity index (χ1) is 6.50. The topological polar surface area (TPSA) is 66.8 Å². The maximum atomic E-state index is 11.2. The van der Waals surface area contributed by atoms with Crippen molar-refractivity contribution in [2.24, 2.45) is 0 Å². The third kappa shape index (κ3) is 2.26. The zero-order chi connectivity index (χ0) is 10.7. The summed E-state index contributed by atoms with van der Waals surface area (Å²) in [5.41, 5.74) is 0.156. The molecule has 14 heavy (non-hydrogen) atoms. The van der Waals surface area contributed by atoms with Crippen LogP contribution in [0.4, 0.5) is 0 Å². The van der Waals surface area contributed by atoms with Crippen molar-refractivity contribution < 1.29 is 19.7 Å². The highest BCUT2D eigenvalue weighted by Crippen LogP contribution is 2.25. The summed E-state index contributed by atoms with van der Waals surface area (Å²) in [5, 5.41) is 18.1. The number of rotatable bonds is 2. The average molecular weight is 194 g/mol. The van der Waals surface area contributed by atoms with E-state index < -0.39 is 5.97 Å². The largest absolute Gasteiger partial charge is 0.504 e. The van der Waals surface area contributed by atoms with Gasteiger partial charge in [-0.1, -0.05) is 6.58 Å². The molecule has 0 aliphatic heterocycles. The second kappa shape index (κ2) is 3.83. The van der Waals surface area contributed by atoms with Gasteiger partial charge in [-0.2, -0.15) is 0 Å². The fraction of sp³-hybridized carbons (Fsp3) is 0.100. The van der Waals surface area contributed by atoms with Crippen molar-refractivity contribution in [2.75, 3.05) is 0 Å². The Labute approximate surface area is 81.1 Å². The van der Waals surface area contributed by atoms with Crippen LogP contribution in [-0.2, 0) is 4.74 Å². The molecule has 1 aromatic rings. The van der Waals surface area contributed by atoms with E-state index in [1.54, 1.807) is 0 Å². The number of esters is 1. The van der Waals surface area contributed by atoms with E-state index in [1.165, 1.54) is 19.1 Å². The van der Waals surface area contributed by atoms with E-state index in [1.807, 2.05) is 0 Å². The van der Waals surface area contributed by atoms with Crippen LogP contribution in [0.5, 0.6) is 11.5 Å². The highest BCUT2D eigenvalue weighted by Gasteiger charge is 2.09. The molecule has 0 atom stereocenters. The minimum Gasteiger partial charge on any atom is -0.504 e. The SMILES string of the molecule is C=C(C)OC(=O)c1ccc(O)c(O)c1. The van der Waals surface area contributed by atoms with Crippen molar-refractivity contribution in [1.29, 1.82) is 0 Å². The lowest BCUT2D eigenvalue weighted by Gasteiger charge is -2.03. The zero-order valence-corrected chi connectivity index (χ0v) is 7.65. The fourth-order valence-electron chi connectivity index (χ4n) is 0.868. The molecule has 0 aliphatic carbocycles. The number of benzene rings is 1. The Hall–Kier alpha value is -1.97. The lowest BCUT2D eigenvalue weighted by Crippen LogP contribution is -2.02. The zero-order valence-electron chi connectivity index (χ0n) is 7.65. The molecule has 0 heterocycles. The predicted molar refractivity (Wildman–Crippen MR) is 50.0 cm³/mol. The molecule has 74 valence electrons. The Morgan fingerprint density at radius 2 is 2.00 bits per heavy atom. The lowest BCUT2D eigenvalue weighted by atomic mass is 10.2. The molecule has 0 radical (unpaired) electrons. The number of carbonyl (C=O) groups excluding carboxylic acids is 1. The Balaban J connectivity index is 2.91. The Bertz CT molecular complexity index is 382. The summed E-state index contributed by atoms with van der Waals surface area (Å²) in [4.78, 5) is 11.2. The first-order valence-electron chi connectivity index (χ1n) is 3.90. The Morgan fingerprint density at radius 1 is 1.36 bits per heavy atom. The summed E-state index contributed by atoms with van der Waals surface area (Å²) in [6, 6.07) is 3.69. The summed E-state index contributed by atoms with van der Waals surface area (Å²) >= 11 is 0. The van der Waals surface area contributed by atoms with E-state index in [0.717, 1.165) is 6.07 Å². The molecule has 4 heteroatoms. The summed E-state index contributed by atoms with van der Waals surface area (Å²) in [6.07, 6.45) is 0. The van der Waals surface area contributed by atoms with Crippen LogP contribution in [0.25, 0.3) is 0 Å². The molecular weight excluding hydrogens is 184 g/mol. The molecule has 0 saturated carbocycles. The Morgan fingerprint density at radius 3 is 2.50 bits per heavy atom. The quantitative estimate of drug-likeness (QED) is 0.428. The molecule has 0 aliphatic rings. The van der Waals surface area contributed by atoms with Crippen LogP contribution in [-0.4, -0.2) is 16.2 Å². The minimum absolute atomic E-state index is 0.156. The van der Waals surface area contributed by atoms with E-state index in [-0.39, 0.29) is 22.8 Å². The van der Waals surface area contributed by atoms with Gasteiger partial charge in [-0.15, -0.1) is 0 Å². The van der Waals surface area contributed by atoms with Crippen LogP contribution < -0.4 is 0 Å². The van der Waals surface area contributed by atoms with Gasteiger partial charge in [0.1, 0.15) is 0 Å². The molecule has 0 bridgehead atoms. The number of hydrogen-bond donors (Lipinski definition) is 2. The van der Waals surface area contributed by atoms with Crippen LogP contribution in [0.3, 0.4) is 0 Å². The first kappa shape index (κ1) is 10.1. The molecule has 0 saturated heterocycles. The number of allylic oxidation sites excluding steroid dienone is 1. The number of phenolic OH excluding ortho intramolecular Hbond substituents is 2. The number of ether oxygens (including phenoxy) is 1. The van der Waals surface area contributed by atoms with E-state index >= 15 is 0 Å². The molecule has 1 aromatic carbocycles. The molecule has 0 unspecified atom stereocenters. The highest BCUT2D eigenvalue weighted by atomic mass is 16.5. The maximum Gasteiger partial charge on any atom is 0.343 e. The van der Waals surface area contributed by atoms with Gasteiger partial charge in [-0.25, -0.2) is 4.79 Å². The molecular formula is C10H10O4. The molecule has 4 nitrogen and oxygen atoms in total. The standard InChI is InChI=1S/C10H10O4/c1-6(2)14-10(13)7-3-4-8(11)9(12)5-7/h3-5,11-12H,1H2,2H3. The van der Waals surface area contributed by atoms with Crippen molar-refractivity contribution in [2.45, 2.75) is 6.92 Å². The minimum atomic E-state index is -0.618. The number of hydrogen-bond acceptors (Lipinski definition) is 4. The van der Waals surface area contributed by atoms with E-state index in [4.69, 9.17) is 14.9 Å². The van der Waals surface area contributed by atoms with Gasteiger partial charge < -0.3 is 14.9 Å². The first-order valence-corrected chi connectivity index (χ1v) is 3.90. The number of carbonyl (C=O) groups is 1. The predicted octanol–water partition coefficient (Wildman–Crippen LogP) is 1.79. The van der Waals surface area contributed by atoms with Crippen LogP contribution in [0.2, 0.25) is 0 Å². The normalized spacial score (nSPS) is 9.50. The van der Waals surface area contributed by atoms with Crippen LogP contribution in [0.15, 0.2) is 30.5 Å². The van der Waals surface area contributed by atoms with Crippen molar-refractivity contribution in [3.8, 4) is 11.5 Å². The molecule has 0 spiro atoms. The highest BCUT2D eigenvalue weighted by molar-refractivity contribution is 5.90. The van der Waals surface area contributed by atoms with Gasteiger partial charge in [-0.05, 0) is 25.1 Å². The maximum absolute atomic E-state index is 11.2. The second-order valence-corrected chi connectivity index (χ2v) is 2.80. The van der Waals surface area contributed by atoms with Crippen LogP contribution in [0, 0.1) is 0 Å². The van der Waals surface area contributed by atoms with Gasteiger partial charge in [-0.3, -0.25) is 0 Å². The number of phenols is 2. The van der Waals surface area contributed by atoms with Gasteiger partial charge in [0.15, 0.2) is 11.5 Å². The molecule has 1 rings (SSSR count). The monoisotopic (exact) mass is 194 g/mol. The van der Waals surface area contributed by atoms with E-state index in [9.17, 15) is 4.79 Å². The molecule has 0 fully saturated rings. The molecule has 2 N–H and O–H groups in total. The second-order valence-electron chi connectivity index (χ2n) is 2.80. The molecule has 0 aromatic heterocycles. The summed E-state index contributed by atoms with van der Waals surface area (Å²) < 4.78 is 4.70. The fourth-order valence-corrected chi connectivity index (χ4v) is 0.868. The van der Waals surface area contributed by atoms with Crippen molar-refractivity contribution >= 4 is 5.97 Å². The summed E-state index contributed by atoms with van der Waals surface area (Å²) in [6.45, 7) is 4.95. The van der Waals surface area contributed by atoms with Crippen molar-refractivity contribution in [3.05, 3.63) is 36.1 Å².